The van der Waals surface area contributed by atoms with Crippen LogP contribution in [0.2, 0.25) is 0 Å². The van der Waals surface area contributed by atoms with Gasteiger partial charge in [0.1, 0.15) is 0 Å². The second-order valence-corrected chi connectivity index (χ2v) is 6.12. The maximum Gasteiger partial charge on any atom is 0.0542 e. The topological polar surface area (TPSA) is 12.4 Å². The summed E-state index contributed by atoms with van der Waals surface area (Å²) in [5.41, 5.74) is 5.16. The van der Waals surface area contributed by atoms with Crippen LogP contribution in [0.5, 0.6) is 0 Å². The van der Waals surface area contributed by atoms with Crippen LogP contribution < -0.4 is 0 Å². The van der Waals surface area contributed by atoms with E-state index in [9.17, 15) is 0 Å². The number of allylic oxidation sites excluding steroid dienone is 2. The fourth-order valence-corrected chi connectivity index (χ4v) is 3.62. The molecule has 1 heterocycles. The summed E-state index contributed by atoms with van der Waals surface area (Å²) in [4.78, 5) is 3.92. The Morgan fingerprint density at radius 2 is 2.00 bits per heavy atom. The van der Waals surface area contributed by atoms with Crippen LogP contribution in [0.3, 0.4) is 0 Å². The molecule has 4 rings (SSSR count). The number of nitrogens with zero attached hydrogens (tertiary/aromatic N) is 1. The molecule has 1 fully saturated rings. The predicted molar refractivity (Wildman–Crippen MR) is 80.4 cm³/mol. The lowest BCUT2D eigenvalue weighted by Gasteiger charge is -2.18. The summed E-state index contributed by atoms with van der Waals surface area (Å²) in [5, 5.41) is 0. The number of fused-ring (bicyclic) bond motifs is 2. The van der Waals surface area contributed by atoms with Gasteiger partial charge < -0.3 is 0 Å². The van der Waals surface area contributed by atoms with Crippen LogP contribution in [0.1, 0.15) is 30.7 Å². The Morgan fingerprint density at radius 3 is 2.50 bits per heavy atom. The monoisotopic (exact) mass is 257 g/mol. The van der Waals surface area contributed by atoms with Gasteiger partial charge in [-0.05, 0) is 36.7 Å². The van der Waals surface area contributed by atoms with Crippen molar-refractivity contribution in [1.82, 2.24) is 0 Å². The number of benzene rings is 1. The van der Waals surface area contributed by atoms with Crippen LogP contribution in [0.4, 0.5) is 0 Å². The first-order chi connectivity index (χ1) is 8.93. The Kier molecular flexibility index (Phi) is 3.84. The van der Waals surface area contributed by atoms with E-state index in [4.69, 9.17) is 0 Å². The maximum atomic E-state index is 3.92. The second kappa shape index (κ2) is 5.75. The zero-order valence-corrected chi connectivity index (χ0v) is 11.4. The minimum Gasteiger partial charge on any atom is -0.285 e. The maximum absolute atomic E-state index is 3.92. The molecule has 1 saturated carbocycles. The quantitative estimate of drug-likeness (QED) is 0.684. The van der Waals surface area contributed by atoms with Gasteiger partial charge >= 0.3 is 0 Å². The van der Waals surface area contributed by atoms with E-state index in [0.717, 1.165) is 18.4 Å². The lowest BCUT2D eigenvalue weighted by Crippen LogP contribution is -2.05. The van der Waals surface area contributed by atoms with Gasteiger partial charge in [-0.3, -0.25) is 4.99 Å². The van der Waals surface area contributed by atoms with Gasteiger partial charge in [0, 0.05) is 12.3 Å². The van der Waals surface area contributed by atoms with Gasteiger partial charge in [-0.2, -0.15) is 0 Å². The van der Waals surface area contributed by atoms with Crippen LogP contribution in [0, 0.1) is 5.92 Å². The highest BCUT2D eigenvalue weighted by Crippen LogP contribution is 2.49. The van der Waals surface area contributed by atoms with Crippen molar-refractivity contribution < 1.29 is 0 Å². The van der Waals surface area contributed by atoms with Crippen LogP contribution in [0.25, 0.3) is 0 Å². The number of thioether (sulfide) groups is 1. The Bertz CT molecular complexity index is 443. The average Bonchev–Trinajstić information content (AvgIpc) is 3.18. The Balaban J connectivity index is 0.000000169. The molecule has 0 amide bonds. The highest BCUT2D eigenvalue weighted by Gasteiger charge is 2.34. The highest BCUT2D eigenvalue weighted by atomic mass is 32.2. The fraction of sp³-hybridized carbons (Fsp3) is 0.438. The summed E-state index contributed by atoms with van der Waals surface area (Å²) in [6.45, 7) is 1.03. The summed E-state index contributed by atoms with van der Waals surface area (Å²) in [6, 6.07) is 11.0. The molecule has 94 valence electrons. The van der Waals surface area contributed by atoms with Crippen molar-refractivity contribution in [2.45, 2.75) is 25.2 Å². The zero-order chi connectivity index (χ0) is 12.2. The van der Waals surface area contributed by atoms with Crippen LogP contribution >= 0.6 is 11.8 Å². The van der Waals surface area contributed by atoms with Crippen molar-refractivity contribution in [3.63, 3.8) is 0 Å². The molecule has 3 aliphatic rings. The third kappa shape index (κ3) is 2.69. The van der Waals surface area contributed by atoms with E-state index in [2.05, 4.69) is 41.4 Å². The third-order valence-corrected chi connectivity index (χ3v) is 4.72. The van der Waals surface area contributed by atoms with Gasteiger partial charge in [0.15, 0.2) is 0 Å². The van der Waals surface area contributed by atoms with Crippen molar-refractivity contribution in [3.8, 4) is 0 Å². The Labute approximate surface area is 113 Å². The number of hydrogen-bond donors (Lipinski definition) is 0. The van der Waals surface area contributed by atoms with E-state index in [1.54, 1.807) is 22.9 Å². The van der Waals surface area contributed by atoms with E-state index < -0.39 is 0 Å². The minimum atomic E-state index is 0.834. The number of hydrogen-bond acceptors (Lipinski definition) is 2. The van der Waals surface area contributed by atoms with Crippen molar-refractivity contribution in [1.29, 1.82) is 0 Å². The Morgan fingerprint density at radius 1 is 1.11 bits per heavy atom. The third-order valence-electron chi connectivity index (χ3n) is 4.00. The molecule has 0 saturated heterocycles. The average molecular weight is 257 g/mol. The minimum absolute atomic E-state index is 0.834. The SMILES string of the molecule is C1=C2CC(C1)C(c1ccccc1)C2.C1=NCCS1. The molecule has 2 bridgehead atoms. The molecule has 0 radical (unpaired) electrons. The van der Waals surface area contributed by atoms with E-state index >= 15 is 0 Å². The molecular formula is C16H19NS. The van der Waals surface area contributed by atoms with Crippen molar-refractivity contribution in [3.05, 3.63) is 47.5 Å². The van der Waals surface area contributed by atoms with Gasteiger partial charge in [-0.15, -0.1) is 11.8 Å². The molecule has 2 atom stereocenters. The molecule has 2 aliphatic carbocycles. The summed E-state index contributed by atoms with van der Waals surface area (Å²) < 4.78 is 0. The number of aliphatic imine (C=N–C) groups is 1. The van der Waals surface area contributed by atoms with Crippen LogP contribution in [0.15, 0.2) is 47.0 Å². The van der Waals surface area contributed by atoms with E-state index in [1.807, 2.05) is 5.55 Å². The predicted octanol–water partition coefficient (Wildman–Crippen LogP) is 4.27. The van der Waals surface area contributed by atoms with Gasteiger partial charge in [-0.25, -0.2) is 0 Å². The lowest BCUT2D eigenvalue weighted by molar-refractivity contribution is 0.496. The number of rotatable bonds is 1. The first-order valence-corrected chi connectivity index (χ1v) is 7.81. The van der Waals surface area contributed by atoms with Crippen molar-refractivity contribution in [2.24, 2.45) is 10.9 Å². The van der Waals surface area contributed by atoms with Gasteiger partial charge in [0.2, 0.25) is 0 Å². The first kappa shape index (κ1) is 12.0. The lowest BCUT2D eigenvalue weighted by atomic mass is 9.86. The van der Waals surface area contributed by atoms with E-state index in [1.165, 1.54) is 25.0 Å². The molecule has 1 nitrogen and oxygen atoms in total. The normalized spacial score (nSPS) is 27.9. The molecule has 1 aromatic rings. The smallest absolute Gasteiger partial charge is 0.0542 e. The fourth-order valence-electron chi connectivity index (χ4n) is 3.10. The molecular weight excluding hydrogens is 238 g/mol. The first-order valence-electron chi connectivity index (χ1n) is 6.76. The van der Waals surface area contributed by atoms with Gasteiger partial charge in [0.25, 0.3) is 0 Å². The molecule has 1 aromatic carbocycles. The largest absolute Gasteiger partial charge is 0.285 e. The van der Waals surface area contributed by atoms with E-state index in [-0.39, 0.29) is 0 Å². The zero-order valence-electron chi connectivity index (χ0n) is 10.6. The highest BCUT2D eigenvalue weighted by molar-refractivity contribution is 8.12. The summed E-state index contributed by atoms with van der Waals surface area (Å²) in [5.74, 6) is 2.96. The second-order valence-electron chi connectivity index (χ2n) is 5.17. The molecule has 0 N–H and O–H groups in total. The molecule has 1 aliphatic heterocycles. The van der Waals surface area contributed by atoms with Crippen molar-refractivity contribution >= 4 is 17.3 Å². The summed E-state index contributed by atoms with van der Waals surface area (Å²) in [6.07, 6.45) is 6.48. The Hall–Kier alpha value is -1.02. The van der Waals surface area contributed by atoms with E-state index in [0.29, 0.717) is 0 Å². The van der Waals surface area contributed by atoms with Gasteiger partial charge in [-0.1, -0.05) is 42.0 Å². The standard InChI is InChI=1S/C13H14.C3H5NS/c1-2-4-11(5-3-1)13-9-10-6-7-12(13)8-10;1-2-5-3-4-1/h1-6,12-13H,7-9H2;3H,1-2H2. The molecule has 0 spiro atoms. The van der Waals surface area contributed by atoms with Crippen LogP contribution in [-0.4, -0.2) is 17.8 Å². The molecule has 2 unspecified atom stereocenters. The molecule has 18 heavy (non-hydrogen) atoms. The van der Waals surface area contributed by atoms with Crippen LogP contribution in [-0.2, 0) is 0 Å². The van der Waals surface area contributed by atoms with Gasteiger partial charge in [0.05, 0.1) is 5.55 Å². The molecule has 2 heteroatoms. The molecule has 0 aromatic heterocycles. The van der Waals surface area contributed by atoms with Crippen molar-refractivity contribution in [2.75, 3.05) is 12.3 Å². The summed E-state index contributed by atoms with van der Waals surface area (Å²) in [7, 11) is 0. The summed E-state index contributed by atoms with van der Waals surface area (Å²) >= 11 is 1.78.